The molecule has 2 N–H and O–H groups in total. The number of carbonyl (C=O) groups is 2. The number of benzene rings is 1. The summed E-state index contributed by atoms with van der Waals surface area (Å²) in [6, 6.07) is 5.24. The molecule has 0 heterocycles. The predicted molar refractivity (Wildman–Crippen MR) is 92.6 cm³/mol. The molecule has 2 atom stereocenters. The highest BCUT2D eigenvalue weighted by Crippen LogP contribution is 2.69. The van der Waals surface area contributed by atoms with E-state index in [1.54, 1.807) is 12.1 Å². The van der Waals surface area contributed by atoms with E-state index in [9.17, 15) is 14.8 Å². The van der Waals surface area contributed by atoms with Crippen LogP contribution in [-0.2, 0) is 9.59 Å². The van der Waals surface area contributed by atoms with E-state index in [0.717, 1.165) is 5.56 Å². The molecule has 2 fully saturated rings. The minimum atomic E-state index is -1.22. The molecule has 1 amide bonds. The molecule has 2 aliphatic carbocycles. The maximum absolute atomic E-state index is 13.2. The Bertz CT molecular complexity index is 786. The standard InChI is InChI=1S/C18H21ClN2O3/c1-10-5-6-11(19)9-12(10)20-15(23)18-8-7-17(4,16(18,2)3)13(21-24)14(18)22/h5-6,9,24H,7-8H2,1-4H3,(H,20,23)/b21-13+. The molecule has 0 radical (unpaired) electrons. The van der Waals surface area contributed by atoms with Gasteiger partial charge in [0.1, 0.15) is 11.1 Å². The molecule has 2 saturated carbocycles. The van der Waals surface area contributed by atoms with Gasteiger partial charge in [-0.05, 0) is 42.9 Å². The van der Waals surface area contributed by atoms with Crippen LogP contribution in [-0.4, -0.2) is 22.6 Å². The van der Waals surface area contributed by atoms with E-state index in [4.69, 9.17) is 11.6 Å². The summed E-state index contributed by atoms with van der Waals surface area (Å²) in [6.45, 7) is 7.57. The molecule has 0 saturated heterocycles. The Balaban J connectivity index is 2.06. The van der Waals surface area contributed by atoms with E-state index >= 15 is 0 Å². The first-order valence-corrected chi connectivity index (χ1v) is 8.34. The topological polar surface area (TPSA) is 78.8 Å². The van der Waals surface area contributed by atoms with Crippen molar-refractivity contribution < 1.29 is 14.8 Å². The van der Waals surface area contributed by atoms with Crippen molar-refractivity contribution in [1.29, 1.82) is 0 Å². The summed E-state index contributed by atoms with van der Waals surface area (Å²) >= 11 is 6.02. The molecule has 0 spiro atoms. The second kappa shape index (κ2) is 5.06. The lowest BCUT2D eigenvalue weighted by atomic mass is 9.64. The summed E-state index contributed by atoms with van der Waals surface area (Å²) in [5.74, 6) is -0.730. The quantitative estimate of drug-likeness (QED) is 0.484. The van der Waals surface area contributed by atoms with Crippen LogP contribution in [0.3, 0.4) is 0 Å². The Morgan fingerprint density at radius 1 is 1.29 bits per heavy atom. The van der Waals surface area contributed by atoms with Gasteiger partial charge in [-0.3, -0.25) is 9.59 Å². The van der Waals surface area contributed by atoms with Crippen molar-refractivity contribution in [3.05, 3.63) is 28.8 Å². The van der Waals surface area contributed by atoms with Crippen molar-refractivity contribution >= 4 is 34.7 Å². The third-order valence-corrected chi connectivity index (χ3v) is 6.74. The van der Waals surface area contributed by atoms with E-state index in [0.29, 0.717) is 23.6 Å². The fourth-order valence-corrected chi connectivity index (χ4v) is 4.58. The van der Waals surface area contributed by atoms with Crippen LogP contribution in [0, 0.1) is 23.2 Å². The zero-order valence-electron chi connectivity index (χ0n) is 14.2. The number of carbonyl (C=O) groups excluding carboxylic acids is 2. The molecule has 2 unspecified atom stereocenters. The van der Waals surface area contributed by atoms with Gasteiger partial charge >= 0.3 is 0 Å². The Hall–Kier alpha value is -1.88. The Labute approximate surface area is 146 Å². The third-order valence-electron chi connectivity index (χ3n) is 6.51. The number of hydrogen-bond acceptors (Lipinski definition) is 4. The van der Waals surface area contributed by atoms with Crippen molar-refractivity contribution in [1.82, 2.24) is 0 Å². The SMILES string of the molecule is Cc1ccc(Cl)cc1NC(=O)C12CCC(C)(/C(=N/O)C1=O)C2(C)C. The molecule has 24 heavy (non-hydrogen) atoms. The van der Waals surface area contributed by atoms with Crippen molar-refractivity contribution in [3.8, 4) is 0 Å². The van der Waals surface area contributed by atoms with E-state index in [1.807, 2.05) is 33.8 Å². The zero-order valence-corrected chi connectivity index (χ0v) is 15.0. The molecular formula is C18H21ClN2O3. The predicted octanol–water partition coefficient (Wildman–Crippen LogP) is 3.81. The molecule has 0 aliphatic heterocycles. The van der Waals surface area contributed by atoms with Gasteiger partial charge in [0.15, 0.2) is 5.78 Å². The summed E-state index contributed by atoms with van der Waals surface area (Å²) in [5, 5.41) is 16.0. The second-order valence-corrected chi connectivity index (χ2v) is 7.99. The number of Topliss-reactive ketones (excluding diaryl/α,β-unsaturated/α-hetero) is 1. The van der Waals surface area contributed by atoms with Gasteiger partial charge in [0.25, 0.3) is 0 Å². The number of ketones is 1. The van der Waals surface area contributed by atoms with E-state index in [-0.39, 0.29) is 17.4 Å². The Morgan fingerprint density at radius 2 is 1.96 bits per heavy atom. The van der Waals surface area contributed by atoms with E-state index in [1.165, 1.54) is 0 Å². The maximum atomic E-state index is 13.2. The van der Waals surface area contributed by atoms with Gasteiger partial charge < -0.3 is 10.5 Å². The average Bonchev–Trinajstić information content (AvgIpc) is 2.79. The summed E-state index contributed by atoms with van der Waals surface area (Å²) in [4.78, 5) is 26.1. The first-order valence-electron chi connectivity index (χ1n) is 7.97. The summed E-state index contributed by atoms with van der Waals surface area (Å²) in [5.41, 5.74) is -0.915. The number of aryl methyl sites for hydroxylation is 1. The van der Waals surface area contributed by atoms with Gasteiger partial charge in [-0.15, -0.1) is 0 Å². The fraction of sp³-hybridized carbons (Fsp3) is 0.500. The lowest BCUT2D eigenvalue weighted by Gasteiger charge is -2.37. The van der Waals surface area contributed by atoms with Crippen LogP contribution in [0.1, 0.15) is 39.2 Å². The second-order valence-electron chi connectivity index (χ2n) is 7.55. The van der Waals surface area contributed by atoms with Crippen molar-refractivity contribution in [2.75, 3.05) is 5.32 Å². The van der Waals surface area contributed by atoms with Gasteiger partial charge in [-0.1, -0.05) is 43.6 Å². The van der Waals surface area contributed by atoms with Crippen LogP contribution in [0.2, 0.25) is 5.02 Å². The summed E-state index contributed by atoms with van der Waals surface area (Å²) in [7, 11) is 0. The minimum Gasteiger partial charge on any atom is -0.411 e. The van der Waals surface area contributed by atoms with Gasteiger partial charge in [-0.2, -0.15) is 0 Å². The summed E-state index contributed by atoms with van der Waals surface area (Å²) < 4.78 is 0. The number of fused-ring (bicyclic) bond motifs is 2. The lowest BCUT2D eigenvalue weighted by molar-refractivity contribution is -0.140. The summed E-state index contributed by atoms with van der Waals surface area (Å²) in [6.07, 6.45) is 1.08. The Kier molecular flexibility index (Phi) is 3.57. The van der Waals surface area contributed by atoms with E-state index in [2.05, 4.69) is 10.5 Å². The van der Waals surface area contributed by atoms with Crippen LogP contribution in [0.25, 0.3) is 0 Å². The number of nitrogens with one attached hydrogen (secondary N) is 1. The molecule has 6 heteroatoms. The van der Waals surface area contributed by atoms with Crippen LogP contribution >= 0.6 is 11.6 Å². The normalized spacial score (nSPS) is 32.4. The van der Waals surface area contributed by atoms with Crippen molar-refractivity contribution in [3.63, 3.8) is 0 Å². The average molecular weight is 349 g/mol. The van der Waals surface area contributed by atoms with Crippen LogP contribution in [0.5, 0.6) is 0 Å². The van der Waals surface area contributed by atoms with Crippen LogP contribution < -0.4 is 5.32 Å². The maximum Gasteiger partial charge on any atom is 0.239 e. The van der Waals surface area contributed by atoms with Crippen molar-refractivity contribution in [2.24, 2.45) is 21.4 Å². The molecule has 2 aliphatic rings. The molecule has 1 aromatic carbocycles. The minimum absolute atomic E-state index is 0.108. The highest BCUT2D eigenvalue weighted by Gasteiger charge is 2.76. The highest BCUT2D eigenvalue weighted by molar-refractivity contribution is 6.51. The fourth-order valence-electron chi connectivity index (χ4n) is 4.41. The molecule has 5 nitrogen and oxygen atoms in total. The number of hydrogen-bond donors (Lipinski definition) is 2. The number of oxime groups is 1. The number of anilines is 1. The molecule has 2 bridgehead atoms. The molecular weight excluding hydrogens is 328 g/mol. The number of rotatable bonds is 2. The van der Waals surface area contributed by atoms with E-state index < -0.39 is 16.2 Å². The lowest BCUT2D eigenvalue weighted by Crippen LogP contribution is -2.47. The van der Waals surface area contributed by atoms with Gasteiger partial charge in [0, 0.05) is 16.1 Å². The number of amides is 1. The van der Waals surface area contributed by atoms with Crippen LogP contribution in [0.15, 0.2) is 23.4 Å². The zero-order chi connectivity index (χ0) is 17.9. The first kappa shape index (κ1) is 17.0. The molecule has 1 aromatic rings. The molecule has 128 valence electrons. The third kappa shape index (κ3) is 1.79. The molecule has 3 rings (SSSR count). The number of nitrogens with zero attached hydrogens (tertiary/aromatic N) is 1. The molecule has 0 aromatic heterocycles. The largest absolute Gasteiger partial charge is 0.411 e. The Morgan fingerprint density at radius 3 is 2.54 bits per heavy atom. The van der Waals surface area contributed by atoms with Crippen LogP contribution in [0.4, 0.5) is 5.69 Å². The van der Waals surface area contributed by atoms with Gasteiger partial charge in [0.2, 0.25) is 5.91 Å². The first-order chi connectivity index (χ1) is 11.1. The van der Waals surface area contributed by atoms with Crippen molar-refractivity contribution in [2.45, 2.75) is 40.5 Å². The van der Waals surface area contributed by atoms with Gasteiger partial charge in [0.05, 0.1) is 0 Å². The van der Waals surface area contributed by atoms with Gasteiger partial charge in [-0.25, -0.2) is 0 Å². The monoisotopic (exact) mass is 348 g/mol. The smallest absolute Gasteiger partial charge is 0.239 e. The highest BCUT2D eigenvalue weighted by atomic mass is 35.5. The number of halogens is 1.